The molecule has 0 saturated heterocycles. The predicted molar refractivity (Wildman–Crippen MR) is 44.7 cm³/mol. The highest BCUT2D eigenvalue weighted by atomic mass is 16.5. The number of hydrogen-bond donors (Lipinski definition) is 0. The van der Waals surface area contributed by atoms with Crippen molar-refractivity contribution >= 4 is 5.97 Å². The number of fused-ring (bicyclic) bond motifs is 1. The van der Waals surface area contributed by atoms with Gasteiger partial charge in [-0.15, -0.1) is 0 Å². The Hall–Kier alpha value is -1.57. The van der Waals surface area contributed by atoms with E-state index in [1.165, 1.54) is 0 Å². The summed E-state index contributed by atoms with van der Waals surface area (Å²) in [7, 11) is 0. The van der Waals surface area contributed by atoms with Crippen LogP contribution in [0.15, 0.2) is 36.6 Å². The molecule has 0 aliphatic carbocycles. The Morgan fingerprint density at radius 1 is 1.33 bits per heavy atom. The second-order valence-electron chi connectivity index (χ2n) is 2.76. The zero-order chi connectivity index (χ0) is 8.55. The number of carbonyl (C=O) groups excluding carboxylic acids is 1. The van der Waals surface area contributed by atoms with Crippen LogP contribution in [0.2, 0.25) is 0 Å². The first-order valence-corrected chi connectivity index (χ1v) is 3.75. The fourth-order valence-corrected chi connectivity index (χ4v) is 1.31. The molecule has 1 aliphatic rings. The maximum absolute atomic E-state index is 11.2. The molecule has 0 bridgehead atoms. The monoisotopic (exact) mass is 160 g/mol. The van der Waals surface area contributed by atoms with Crippen molar-refractivity contribution in [3.05, 3.63) is 47.7 Å². The average Bonchev–Trinajstić information content (AvgIpc) is 2.04. The van der Waals surface area contributed by atoms with Crippen molar-refractivity contribution in [3.8, 4) is 0 Å². The number of carbonyl (C=O) groups is 1. The van der Waals surface area contributed by atoms with Crippen LogP contribution in [-0.4, -0.2) is 5.97 Å². The molecule has 2 rings (SSSR count). The van der Waals surface area contributed by atoms with Crippen molar-refractivity contribution in [2.45, 2.75) is 6.42 Å². The van der Waals surface area contributed by atoms with Crippen LogP contribution in [0.5, 0.6) is 0 Å². The first kappa shape index (κ1) is 7.10. The molecule has 2 heteroatoms. The van der Waals surface area contributed by atoms with Gasteiger partial charge in [-0.2, -0.15) is 0 Å². The van der Waals surface area contributed by atoms with E-state index in [4.69, 9.17) is 4.74 Å². The molecule has 1 heterocycles. The largest absolute Gasteiger partial charge is 0.428 e. The van der Waals surface area contributed by atoms with Crippen LogP contribution in [0.1, 0.15) is 15.9 Å². The Balaban J connectivity index is 2.54. The van der Waals surface area contributed by atoms with Gasteiger partial charge in [0.05, 0.1) is 5.56 Å². The smallest absolute Gasteiger partial charge is 0.343 e. The third-order valence-electron chi connectivity index (χ3n) is 1.86. The summed E-state index contributed by atoms with van der Waals surface area (Å²) in [6.07, 6.45) is 0.641. The van der Waals surface area contributed by atoms with Gasteiger partial charge in [-0.05, 0) is 11.6 Å². The van der Waals surface area contributed by atoms with Crippen LogP contribution in [0, 0.1) is 0 Å². The van der Waals surface area contributed by atoms with Crippen molar-refractivity contribution in [1.29, 1.82) is 0 Å². The zero-order valence-corrected chi connectivity index (χ0v) is 6.54. The predicted octanol–water partition coefficient (Wildman–Crippen LogP) is 1.91. The van der Waals surface area contributed by atoms with Gasteiger partial charge < -0.3 is 4.74 Å². The van der Waals surface area contributed by atoms with E-state index in [1.807, 2.05) is 18.2 Å². The third-order valence-corrected chi connectivity index (χ3v) is 1.86. The lowest BCUT2D eigenvalue weighted by Crippen LogP contribution is -2.15. The van der Waals surface area contributed by atoms with Gasteiger partial charge in [0.25, 0.3) is 0 Å². The van der Waals surface area contributed by atoms with E-state index in [1.54, 1.807) is 6.07 Å². The van der Waals surface area contributed by atoms with Crippen LogP contribution >= 0.6 is 0 Å². The summed E-state index contributed by atoms with van der Waals surface area (Å²) in [5.74, 6) is 0.237. The Kier molecular flexibility index (Phi) is 1.47. The molecule has 0 amide bonds. The number of esters is 1. The van der Waals surface area contributed by atoms with Crippen LogP contribution in [0.25, 0.3) is 0 Å². The fraction of sp³-hybridized carbons (Fsp3) is 0.100. The number of rotatable bonds is 0. The lowest BCUT2D eigenvalue weighted by Gasteiger charge is -2.16. The summed E-state index contributed by atoms with van der Waals surface area (Å²) in [6, 6.07) is 7.42. The lowest BCUT2D eigenvalue weighted by atomic mass is 10.0. The van der Waals surface area contributed by atoms with Crippen molar-refractivity contribution in [2.75, 3.05) is 0 Å². The standard InChI is InChI=1S/C10H8O2/c1-7-6-8-4-2-3-5-9(8)10(11)12-7/h2-5H,1,6H2. The van der Waals surface area contributed by atoms with Crippen molar-refractivity contribution in [2.24, 2.45) is 0 Å². The number of hydrogen-bond acceptors (Lipinski definition) is 2. The van der Waals surface area contributed by atoms with Gasteiger partial charge in [-0.1, -0.05) is 24.8 Å². The van der Waals surface area contributed by atoms with Gasteiger partial charge in [-0.25, -0.2) is 4.79 Å². The molecule has 1 aliphatic heterocycles. The SMILES string of the molecule is C=C1Cc2ccccc2C(=O)O1. The quantitative estimate of drug-likeness (QED) is 0.542. The third kappa shape index (κ3) is 1.01. The fourth-order valence-electron chi connectivity index (χ4n) is 1.31. The topological polar surface area (TPSA) is 26.3 Å². The van der Waals surface area contributed by atoms with Crippen LogP contribution < -0.4 is 0 Å². The van der Waals surface area contributed by atoms with Gasteiger partial charge in [-0.3, -0.25) is 0 Å². The van der Waals surface area contributed by atoms with E-state index < -0.39 is 0 Å². The van der Waals surface area contributed by atoms with Crippen LogP contribution in [0.4, 0.5) is 0 Å². The zero-order valence-electron chi connectivity index (χ0n) is 6.54. The van der Waals surface area contributed by atoms with Gasteiger partial charge in [0.1, 0.15) is 5.76 Å². The van der Waals surface area contributed by atoms with E-state index in [0.29, 0.717) is 17.7 Å². The number of cyclic esters (lactones) is 1. The van der Waals surface area contributed by atoms with E-state index in [9.17, 15) is 4.79 Å². The first-order valence-electron chi connectivity index (χ1n) is 3.75. The van der Waals surface area contributed by atoms with E-state index in [2.05, 4.69) is 6.58 Å². The van der Waals surface area contributed by atoms with Gasteiger partial charge in [0, 0.05) is 6.42 Å². The minimum absolute atomic E-state index is 0.290. The highest BCUT2D eigenvalue weighted by Crippen LogP contribution is 2.20. The number of allylic oxidation sites excluding steroid dienone is 1. The van der Waals surface area contributed by atoms with Crippen molar-refractivity contribution < 1.29 is 9.53 Å². The molecule has 0 N–H and O–H groups in total. The molecule has 1 aromatic carbocycles. The molecule has 0 spiro atoms. The molecular formula is C10H8O2. The van der Waals surface area contributed by atoms with Gasteiger partial charge >= 0.3 is 5.97 Å². The second-order valence-corrected chi connectivity index (χ2v) is 2.76. The molecule has 1 aromatic rings. The summed E-state index contributed by atoms with van der Waals surface area (Å²) < 4.78 is 4.88. The molecule has 60 valence electrons. The maximum atomic E-state index is 11.2. The lowest BCUT2D eigenvalue weighted by molar-refractivity contribution is 0.0601. The molecule has 0 radical (unpaired) electrons. The number of ether oxygens (including phenoxy) is 1. The van der Waals surface area contributed by atoms with Crippen LogP contribution in [0.3, 0.4) is 0 Å². The highest BCUT2D eigenvalue weighted by molar-refractivity contribution is 5.93. The summed E-state index contributed by atoms with van der Waals surface area (Å²) in [4.78, 5) is 11.2. The molecule has 0 saturated carbocycles. The van der Waals surface area contributed by atoms with Crippen molar-refractivity contribution in [3.63, 3.8) is 0 Å². The van der Waals surface area contributed by atoms with Gasteiger partial charge in [0.15, 0.2) is 0 Å². The molecular weight excluding hydrogens is 152 g/mol. The second kappa shape index (κ2) is 2.48. The molecule has 0 aromatic heterocycles. The molecule has 12 heavy (non-hydrogen) atoms. The van der Waals surface area contributed by atoms with Gasteiger partial charge in [0.2, 0.25) is 0 Å². The molecule has 0 unspecified atom stereocenters. The van der Waals surface area contributed by atoms with E-state index >= 15 is 0 Å². The summed E-state index contributed by atoms with van der Waals surface area (Å²) in [6.45, 7) is 3.62. The Labute approximate surface area is 70.5 Å². The van der Waals surface area contributed by atoms with E-state index in [0.717, 1.165) is 5.56 Å². The first-order chi connectivity index (χ1) is 5.77. The Morgan fingerprint density at radius 2 is 2.08 bits per heavy atom. The Bertz CT molecular complexity index is 353. The van der Waals surface area contributed by atoms with E-state index in [-0.39, 0.29) is 5.97 Å². The summed E-state index contributed by atoms with van der Waals surface area (Å²) >= 11 is 0. The maximum Gasteiger partial charge on any atom is 0.343 e. The highest BCUT2D eigenvalue weighted by Gasteiger charge is 2.19. The number of benzene rings is 1. The minimum Gasteiger partial charge on any atom is -0.428 e. The minimum atomic E-state index is -0.290. The Morgan fingerprint density at radius 3 is 2.92 bits per heavy atom. The summed E-state index contributed by atoms with van der Waals surface area (Å²) in [5.41, 5.74) is 1.66. The van der Waals surface area contributed by atoms with Crippen LogP contribution in [-0.2, 0) is 11.2 Å². The summed E-state index contributed by atoms with van der Waals surface area (Å²) in [5, 5.41) is 0. The average molecular weight is 160 g/mol. The molecule has 0 atom stereocenters. The molecule has 0 fully saturated rings. The normalized spacial score (nSPS) is 15.3. The molecule has 2 nitrogen and oxygen atoms in total. The van der Waals surface area contributed by atoms with Crippen molar-refractivity contribution in [1.82, 2.24) is 0 Å².